The summed E-state index contributed by atoms with van der Waals surface area (Å²) >= 11 is 5.90. The topological polar surface area (TPSA) is 95.6 Å². The number of halogens is 1. The highest BCUT2D eigenvalue weighted by Gasteiger charge is 2.31. The minimum Gasteiger partial charge on any atom is -0.461 e. The lowest BCUT2D eigenvalue weighted by molar-refractivity contribution is 0.0519. The van der Waals surface area contributed by atoms with Crippen LogP contribution in [0.5, 0.6) is 0 Å². The molecule has 0 aliphatic carbocycles. The molecule has 140 valence electrons. The predicted molar refractivity (Wildman–Crippen MR) is 97.0 cm³/mol. The number of ether oxygens (including phenoxy) is 1. The maximum atomic E-state index is 12.7. The Morgan fingerprint density at radius 3 is 2.50 bits per heavy atom. The minimum absolute atomic E-state index is 0.0507. The van der Waals surface area contributed by atoms with Gasteiger partial charge in [-0.2, -0.15) is 9.40 Å². The normalized spacial score (nSPS) is 15.8. The van der Waals surface area contributed by atoms with E-state index in [0.717, 1.165) is 5.69 Å². The quantitative estimate of drug-likeness (QED) is 0.771. The van der Waals surface area contributed by atoms with E-state index in [1.165, 1.54) is 10.4 Å². The number of esters is 1. The number of hydrogen-bond acceptors (Lipinski definition) is 6. The Morgan fingerprint density at radius 2 is 1.88 bits per heavy atom. The van der Waals surface area contributed by atoms with Gasteiger partial charge in [0.05, 0.1) is 6.61 Å². The Morgan fingerprint density at radius 1 is 1.23 bits per heavy atom. The van der Waals surface area contributed by atoms with Crippen LogP contribution in [-0.4, -0.2) is 61.7 Å². The number of nitrogens with zero attached hydrogens (tertiary/aromatic N) is 3. The molecule has 0 amide bonds. The van der Waals surface area contributed by atoms with Crippen molar-refractivity contribution in [3.8, 4) is 0 Å². The molecule has 0 spiro atoms. The zero-order valence-corrected chi connectivity index (χ0v) is 15.8. The van der Waals surface area contributed by atoms with Crippen molar-refractivity contribution in [1.29, 1.82) is 0 Å². The number of rotatable bonds is 5. The fourth-order valence-corrected chi connectivity index (χ4v) is 4.19. The van der Waals surface area contributed by atoms with E-state index in [0.29, 0.717) is 31.2 Å². The number of hydrogen-bond donors (Lipinski definition) is 1. The molecule has 2 aromatic rings. The maximum absolute atomic E-state index is 12.7. The smallest absolute Gasteiger partial charge is 0.358 e. The fraction of sp³-hybridized carbons (Fsp3) is 0.375. The largest absolute Gasteiger partial charge is 0.461 e. The van der Waals surface area contributed by atoms with Gasteiger partial charge in [-0.25, -0.2) is 13.2 Å². The second kappa shape index (κ2) is 7.65. The third-order valence-electron chi connectivity index (χ3n) is 4.09. The molecule has 2 heterocycles. The van der Waals surface area contributed by atoms with E-state index in [1.807, 2.05) is 24.3 Å². The second-order valence-corrected chi connectivity index (χ2v) is 8.05. The molecule has 1 saturated heterocycles. The highest BCUT2D eigenvalue weighted by molar-refractivity contribution is 7.89. The van der Waals surface area contributed by atoms with Gasteiger partial charge in [-0.1, -0.05) is 11.6 Å². The van der Waals surface area contributed by atoms with Gasteiger partial charge >= 0.3 is 5.97 Å². The van der Waals surface area contributed by atoms with Gasteiger partial charge in [-0.15, -0.1) is 0 Å². The molecular formula is C16H19ClN4O4S. The third-order valence-corrected chi connectivity index (χ3v) is 6.15. The summed E-state index contributed by atoms with van der Waals surface area (Å²) in [6.45, 7) is 3.64. The molecule has 8 nitrogen and oxygen atoms in total. The molecule has 0 bridgehead atoms. The van der Waals surface area contributed by atoms with E-state index in [9.17, 15) is 13.2 Å². The molecule has 0 radical (unpaired) electrons. The van der Waals surface area contributed by atoms with Crippen molar-refractivity contribution in [2.24, 2.45) is 0 Å². The van der Waals surface area contributed by atoms with Crippen LogP contribution in [0, 0.1) is 0 Å². The molecule has 1 aromatic carbocycles. The summed E-state index contributed by atoms with van der Waals surface area (Å²) in [5, 5.41) is 6.71. The van der Waals surface area contributed by atoms with Gasteiger partial charge in [0.25, 0.3) is 10.0 Å². The van der Waals surface area contributed by atoms with Crippen LogP contribution in [0.2, 0.25) is 5.02 Å². The number of carbonyl (C=O) groups is 1. The van der Waals surface area contributed by atoms with Crippen molar-refractivity contribution >= 4 is 33.3 Å². The van der Waals surface area contributed by atoms with E-state index in [-0.39, 0.29) is 17.3 Å². The minimum atomic E-state index is -3.74. The monoisotopic (exact) mass is 398 g/mol. The first-order valence-corrected chi connectivity index (χ1v) is 9.97. The van der Waals surface area contributed by atoms with E-state index < -0.39 is 16.0 Å². The summed E-state index contributed by atoms with van der Waals surface area (Å²) in [4.78, 5) is 13.8. The Labute approximate surface area is 156 Å². The first-order chi connectivity index (χ1) is 12.4. The number of benzene rings is 1. The summed E-state index contributed by atoms with van der Waals surface area (Å²) in [5.41, 5.74) is 0.947. The fourth-order valence-electron chi connectivity index (χ4n) is 2.72. The number of nitrogens with one attached hydrogen (secondary N) is 1. The van der Waals surface area contributed by atoms with Gasteiger partial charge in [0.15, 0.2) is 10.7 Å². The Hall–Kier alpha value is -2.10. The lowest BCUT2D eigenvalue weighted by Crippen LogP contribution is -2.48. The van der Waals surface area contributed by atoms with E-state index in [4.69, 9.17) is 16.3 Å². The van der Waals surface area contributed by atoms with Gasteiger partial charge in [0.1, 0.15) is 0 Å². The zero-order chi connectivity index (χ0) is 18.7. The molecule has 26 heavy (non-hydrogen) atoms. The molecule has 1 aromatic heterocycles. The van der Waals surface area contributed by atoms with Gasteiger partial charge in [0, 0.05) is 43.0 Å². The lowest BCUT2D eigenvalue weighted by Gasteiger charge is -2.35. The van der Waals surface area contributed by atoms with E-state index in [2.05, 4.69) is 15.1 Å². The molecule has 1 aliphatic heterocycles. The molecular weight excluding hydrogens is 380 g/mol. The number of anilines is 1. The van der Waals surface area contributed by atoms with Crippen LogP contribution in [0.25, 0.3) is 0 Å². The standard InChI is InChI=1S/C16H19ClN4O4S/c1-2-25-16(22)14-11-15(19-18-14)26(23,24)21-9-7-20(8-10-21)13-5-3-12(17)4-6-13/h3-6,11H,2,7-10H2,1H3,(H,18,19). The summed E-state index contributed by atoms with van der Waals surface area (Å²) in [7, 11) is -3.74. The Balaban J connectivity index is 1.68. The van der Waals surface area contributed by atoms with Gasteiger partial charge in [-0.3, -0.25) is 5.10 Å². The highest BCUT2D eigenvalue weighted by Crippen LogP contribution is 2.22. The maximum Gasteiger partial charge on any atom is 0.358 e. The summed E-state index contributed by atoms with van der Waals surface area (Å²) in [6.07, 6.45) is 0. The van der Waals surface area contributed by atoms with Gasteiger partial charge in [-0.05, 0) is 31.2 Å². The van der Waals surface area contributed by atoms with Crippen molar-refractivity contribution in [2.75, 3.05) is 37.7 Å². The van der Waals surface area contributed by atoms with Crippen LogP contribution >= 0.6 is 11.6 Å². The number of H-pyrrole nitrogens is 1. The van der Waals surface area contributed by atoms with Crippen LogP contribution in [0.3, 0.4) is 0 Å². The molecule has 0 unspecified atom stereocenters. The third kappa shape index (κ3) is 3.84. The van der Waals surface area contributed by atoms with Gasteiger partial charge in [0.2, 0.25) is 0 Å². The van der Waals surface area contributed by atoms with E-state index in [1.54, 1.807) is 6.92 Å². The first kappa shape index (κ1) is 18.7. The van der Waals surface area contributed by atoms with Crippen LogP contribution in [0.4, 0.5) is 5.69 Å². The average molecular weight is 399 g/mol. The number of carbonyl (C=O) groups excluding carboxylic acids is 1. The molecule has 1 aliphatic rings. The van der Waals surface area contributed by atoms with Crippen molar-refractivity contribution in [2.45, 2.75) is 11.9 Å². The molecule has 1 fully saturated rings. The Bertz CT molecular complexity index is 874. The van der Waals surface area contributed by atoms with Crippen LogP contribution in [0.15, 0.2) is 35.4 Å². The predicted octanol–water partition coefficient (Wildman–Crippen LogP) is 1.75. The van der Waals surface area contributed by atoms with Crippen molar-refractivity contribution in [3.05, 3.63) is 41.0 Å². The SMILES string of the molecule is CCOC(=O)c1cc(S(=O)(=O)N2CCN(c3ccc(Cl)cc3)CC2)[nH]n1. The second-order valence-electron chi connectivity index (χ2n) is 5.71. The molecule has 0 atom stereocenters. The number of aromatic amines is 1. The lowest BCUT2D eigenvalue weighted by atomic mass is 10.2. The van der Waals surface area contributed by atoms with E-state index >= 15 is 0 Å². The number of piperazine rings is 1. The average Bonchev–Trinajstić information content (AvgIpc) is 3.14. The van der Waals surface area contributed by atoms with Crippen molar-refractivity contribution < 1.29 is 17.9 Å². The summed E-state index contributed by atoms with van der Waals surface area (Å²) in [5.74, 6) is -0.655. The van der Waals surface area contributed by atoms with Crippen molar-refractivity contribution in [1.82, 2.24) is 14.5 Å². The summed E-state index contributed by atoms with van der Waals surface area (Å²) < 4.78 is 31.7. The molecule has 3 rings (SSSR count). The highest BCUT2D eigenvalue weighted by atomic mass is 35.5. The molecule has 10 heteroatoms. The zero-order valence-electron chi connectivity index (χ0n) is 14.2. The van der Waals surface area contributed by atoms with Crippen LogP contribution < -0.4 is 4.90 Å². The number of aromatic nitrogens is 2. The number of sulfonamides is 1. The summed E-state index contributed by atoms with van der Waals surface area (Å²) in [6, 6.07) is 8.64. The van der Waals surface area contributed by atoms with Crippen LogP contribution in [0.1, 0.15) is 17.4 Å². The molecule has 0 saturated carbocycles. The van der Waals surface area contributed by atoms with Crippen LogP contribution in [-0.2, 0) is 14.8 Å². The van der Waals surface area contributed by atoms with Gasteiger partial charge < -0.3 is 9.64 Å². The molecule has 1 N–H and O–H groups in total. The first-order valence-electron chi connectivity index (χ1n) is 8.15. The van der Waals surface area contributed by atoms with Crippen molar-refractivity contribution in [3.63, 3.8) is 0 Å². The Kier molecular flexibility index (Phi) is 5.49.